The van der Waals surface area contributed by atoms with E-state index < -0.39 is 0 Å². The fourth-order valence-corrected chi connectivity index (χ4v) is 3.36. The van der Waals surface area contributed by atoms with Gasteiger partial charge in [0.15, 0.2) is 0 Å². The number of H-pyrrole nitrogens is 1. The number of aromatic nitrogens is 4. The monoisotopic (exact) mass is 405 g/mol. The number of hydrogen-bond donors (Lipinski definition) is 1. The smallest absolute Gasteiger partial charge is 0.129 e. The molecule has 4 heterocycles. The molecular formula is C24H31N5O. The number of hydrogen-bond acceptors (Lipinski definition) is 5. The second-order valence-corrected chi connectivity index (χ2v) is 7.37. The summed E-state index contributed by atoms with van der Waals surface area (Å²) in [6.45, 7) is 11.6. The van der Waals surface area contributed by atoms with E-state index in [1.165, 1.54) is 22.3 Å². The zero-order chi connectivity index (χ0) is 21.3. The van der Waals surface area contributed by atoms with Gasteiger partial charge in [-0.15, -0.1) is 0 Å². The van der Waals surface area contributed by atoms with Crippen molar-refractivity contribution in [3.63, 3.8) is 0 Å². The van der Waals surface area contributed by atoms with E-state index in [1.807, 2.05) is 25.4 Å². The van der Waals surface area contributed by atoms with Crippen molar-refractivity contribution in [2.45, 2.75) is 34.1 Å². The number of pyridine rings is 2. The Morgan fingerprint density at radius 3 is 2.50 bits per heavy atom. The van der Waals surface area contributed by atoms with Crippen LogP contribution < -0.4 is 4.90 Å². The summed E-state index contributed by atoms with van der Waals surface area (Å²) >= 11 is 0. The fraction of sp³-hybridized carbons (Fsp3) is 0.375. The molecule has 0 saturated carbocycles. The van der Waals surface area contributed by atoms with Gasteiger partial charge < -0.3 is 9.64 Å². The number of ether oxygens (including phenoxy) is 1. The van der Waals surface area contributed by atoms with Gasteiger partial charge in [0.1, 0.15) is 5.82 Å². The largest absolute Gasteiger partial charge is 0.378 e. The maximum atomic E-state index is 5.47. The number of aromatic amines is 1. The maximum absolute atomic E-state index is 5.47. The zero-order valence-corrected chi connectivity index (χ0v) is 18.4. The van der Waals surface area contributed by atoms with E-state index in [1.54, 1.807) is 6.20 Å². The van der Waals surface area contributed by atoms with E-state index >= 15 is 0 Å². The van der Waals surface area contributed by atoms with Gasteiger partial charge in [-0.25, -0.2) is 4.98 Å². The quantitative estimate of drug-likeness (QED) is 0.679. The van der Waals surface area contributed by atoms with Gasteiger partial charge in [-0.1, -0.05) is 19.1 Å². The van der Waals surface area contributed by atoms with Crippen LogP contribution in [0.4, 0.5) is 5.82 Å². The molecule has 0 radical (unpaired) electrons. The minimum absolute atomic E-state index is 0.763. The molecule has 1 saturated heterocycles. The number of allylic oxidation sites excluding steroid dienone is 1. The molecule has 0 bridgehead atoms. The number of nitrogens with zero attached hydrogens (tertiary/aromatic N) is 4. The molecule has 0 aliphatic carbocycles. The molecule has 4 rings (SSSR count). The lowest BCUT2D eigenvalue weighted by Crippen LogP contribution is -2.36. The third-order valence-electron chi connectivity index (χ3n) is 5.06. The molecule has 3 aromatic rings. The summed E-state index contributed by atoms with van der Waals surface area (Å²) in [4.78, 5) is 11.5. The number of aryl methyl sites for hydroxylation is 3. The van der Waals surface area contributed by atoms with E-state index in [-0.39, 0.29) is 0 Å². The second kappa shape index (κ2) is 10.7. The van der Waals surface area contributed by atoms with Gasteiger partial charge in [0.05, 0.1) is 13.2 Å². The van der Waals surface area contributed by atoms with Crippen LogP contribution in [-0.2, 0) is 4.74 Å². The first-order chi connectivity index (χ1) is 14.6. The van der Waals surface area contributed by atoms with Crippen molar-refractivity contribution >= 4 is 11.9 Å². The molecule has 0 spiro atoms. The van der Waals surface area contributed by atoms with E-state index in [9.17, 15) is 0 Å². The Morgan fingerprint density at radius 1 is 1.10 bits per heavy atom. The Balaban J connectivity index is 0.000000367. The summed E-state index contributed by atoms with van der Waals surface area (Å²) < 4.78 is 5.47. The molecule has 1 N–H and O–H groups in total. The van der Waals surface area contributed by atoms with Crippen molar-refractivity contribution in [3.05, 3.63) is 65.4 Å². The molecule has 30 heavy (non-hydrogen) atoms. The number of rotatable bonds is 4. The Kier molecular flexibility index (Phi) is 7.74. The summed E-state index contributed by atoms with van der Waals surface area (Å²) in [6, 6.07) is 6.19. The first-order valence-electron chi connectivity index (χ1n) is 10.5. The lowest BCUT2D eigenvalue weighted by Gasteiger charge is -2.29. The van der Waals surface area contributed by atoms with Crippen molar-refractivity contribution in [1.29, 1.82) is 0 Å². The van der Waals surface area contributed by atoms with Crippen molar-refractivity contribution in [1.82, 2.24) is 20.2 Å². The fourth-order valence-electron chi connectivity index (χ4n) is 3.36. The number of anilines is 1. The van der Waals surface area contributed by atoms with Gasteiger partial charge in [0, 0.05) is 54.2 Å². The molecule has 1 aliphatic heterocycles. The van der Waals surface area contributed by atoms with E-state index in [2.05, 4.69) is 65.1 Å². The topological polar surface area (TPSA) is 66.9 Å². The molecule has 1 fully saturated rings. The molecule has 158 valence electrons. The summed E-state index contributed by atoms with van der Waals surface area (Å²) in [5, 5.41) is 6.45. The highest BCUT2D eigenvalue weighted by Crippen LogP contribution is 2.32. The van der Waals surface area contributed by atoms with Crippen LogP contribution in [0.15, 0.2) is 42.9 Å². The van der Waals surface area contributed by atoms with E-state index in [4.69, 9.17) is 9.72 Å². The van der Waals surface area contributed by atoms with Crippen LogP contribution >= 0.6 is 0 Å². The van der Waals surface area contributed by atoms with E-state index in [0.29, 0.717) is 0 Å². The van der Waals surface area contributed by atoms with Crippen LogP contribution in [-0.4, -0.2) is 46.5 Å². The van der Waals surface area contributed by atoms with Crippen molar-refractivity contribution in [3.8, 4) is 11.1 Å². The summed E-state index contributed by atoms with van der Waals surface area (Å²) in [5.74, 6) is 1.03. The minimum atomic E-state index is 0.763. The second-order valence-electron chi connectivity index (χ2n) is 7.37. The average molecular weight is 406 g/mol. The van der Waals surface area contributed by atoms with Crippen LogP contribution in [0.25, 0.3) is 17.2 Å². The molecule has 1 aliphatic rings. The highest BCUT2D eigenvalue weighted by molar-refractivity contribution is 5.80. The van der Waals surface area contributed by atoms with Crippen molar-refractivity contribution in [2.75, 3.05) is 31.2 Å². The predicted molar refractivity (Wildman–Crippen MR) is 123 cm³/mol. The Morgan fingerprint density at radius 2 is 1.90 bits per heavy atom. The Bertz CT molecular complexity index is 960. The first-order valence-corrected chi connectivity index (χ1v) is 10.5. The number of morpholine rings is 1. The van der Waals surface area contributed by atoms with Crippen LogP contribution in [0.5, 0.6) is 0 Å². The van der Waals surface area contributed by atoms with Crippen LogP contribution in [0.1, 0.15) is 35.9 Å². The summed E-state index contributed by atoms with van der Waals surface area (Å²) in [7, 11) is 0. The Labute approximate surface area is 179 Å². The molecule has 0 amide bonds. The summed E-state index contributed by atoms with van der Waals surface area (Å²) in [6.07, 6.45) is 10.9. The third-order valence-corrected chi connectivity index (χ3v) is 5.06. The standard InChI is InChI=1S/C20H25N3O.C4H6N2/c1-4-5-6-17-16(3)22-20(23-9-11-24-12-10-23)13-18(17)19-14-21-8-7-15(19)2;1-4-2-3-5-6-4/h5-8,13-14H,4,9-12H2,1-3H3;2-3H,1H3,(H,5,6)/b6-5-;. The van der Waals surface area contributed by atoms with E-state index in [0.717, 1.165) is 49.9 Å². The van der Waals surface area contributed by atoms with Gasteiger partial charge in [-0.2, -0.15) is 5.10 Å². The SMILES string of the molecule is CC/C=C\c1c(-c2cnccc2C)cc(N2CCOCC2)nc1C.Cc1ccn[nH]1. The highest BCUT2D eigenvalue weighted by atomic mass is 16.5. The predicted octanol–water partition coefficient (Wildman–Crippen LogP) is 4.74. The van der Waals surface area contributed by atoms with Crippen LogP contribution in [0.3, 0.4) is 0 Å². The maximum Gasteiger partial charge on any atom is 0.129 e. The number of nitrogens with one attached hydrogen (secondary N) is 1. The minimum Gasteiger partial charge on any atom is -0.378 e. The molecule has 3 aromatic heterocycles. The molecule has 0 unspecified atom stereocenters. The van der Waals surface area contributed by atoms with Gasteiger partial charge >= 0.3 is 0 Å². The molecule has 0 aromatic carbocycles. The molecule has 0 atom stereocenters. The van der Waals surface area contributed by atoms with Gasteiger partial charge in [0.25, 0.3) is 0 Å². The molecular weight excluding hydrogens is 374 g/mol. The third kappa shape index (κ3) is 5.54. The highest BCUT2D eigenvalue weighted by Gasteiger charge is 2.17. The van der Waals surface area contributed by atoms with Crippen LogP contribution in [0, 0.1) is 20.8 Å². The lowest BCUT2D eigenvalue weighted by atomic mass is 9.96. The Hall–Kier alpha value is -2.99. The van der Waals surface area contributed by atoms with Crippen LogP contribution in [0.2, 0.25) is 0 Å². The van der Waals surface area contributed by atoms with Crippen molar-refractivity contribution in [2.24, 2.45) is 0 Å². The summed E-state index contributed by atoms with van der Waals surface area (Å²) in [5.41, 5.74) is 6.96. The molecule has 6 heteroatoms. The van der Waals surface area contributed by atoms with Crippen molar-refractivity contribution < 1.29 is 4.74 Å². The van der Waals surface area contributed by atoms with Gasteiger partial charge in [-0.05, 0) is 56.5 Å². The van der Waals surface area contributed by atoms with Gasteiger partial charge in [0.2, 0.25) is 0 Å². The molecule has 6 nitrogen and oxygen atoms in total. The first kappa shape index (κ1) is 21.7. The normalized spacial score (nSPS) is 13.9. The zero-order valence-electron chi connectivity index (χ0n) is 18.4. The lowest BCUT2D eigenvalue weighted by molar-refractivity contribution is 0.122. The average Bonchev–Trinajstić information content (AvgIpc) is 3.25. The van der Waals surface area contributed by atoms with Gasteiger partial charge in [-0.3, -0.25) is 10.1 Å².